The maximum Gasteiger partial charge on any atom is 0.227 e. The average molecular weight is 354 g/mol. The van der Waals surface area contributed by atoms with E-state index in [2.05, 4.69) is 42.0 Å². The Kier molecular flexibility index (Phi) is 5.31. The summed E-state index contributed by atoms with van der Waals surface area (Å²) in [6.07, 6.45) is 1.77. The third-order valence-corrected chi connectivity index (χ3v) is 4.25. The molecule has 0 saturated carbocycles. The van der Waals surface area contributed by atoms with Crippen LogP contribution in [0.1, 0.15) is 45.1 Å². The lowest BCUT2D eigenvalue weighted by molar-refractivity contribution is -0.123. The minimum atomic E-state index is -0.0933. The normalized spacial score (nSPS) is 19.3. The molecular weight excluding hydrogens is 330 g/mol. The SMILES string of the molecule is CC(C)(C)CC(Br)CNC(=O)C1CCOc2ccccc21. The lowest BCUT2D eigenvalue weighted by atomic mass is 9.90. The van der Waals surface area contributed by atoms with Crippen LogP contribution in [-0.2, 0) is 4.79 Å². The first-order valence-electron chi connectivity index (χ1n) is 7.50. The van der Waals surface area contributed by atoms with Crippen LogP contribution in [-0.4, -0.2) is 23.9 Å². The molecule has 1 aromatic carbocycles. The Bertz CT molecular complexity index is 496. The molecule has 3 nitrogen and oxygen atoms in total. The predicted molar refractivity (Wildman–Crippen MR) is 89.1 cm³/mol. The lowest BCUT2D eigenvalue weighted by Gasteiger charge is -2.26. The number of nitrogens with one attached hydrogen (secondary N) is 1. The number of halogens is 1. The number of amides is 1. The largest absolute Gasteiger partial charge is 0.493 e. The number of para-hydroxylation sites is 1. The zero-order valence-corrected chi connectivity index (χ0v) is 14.6. The van der Waals surface area contributed by atoms with E-state index in [-0.39, 0.29) is 17.2 Å². The Hall–Kier alpha value is -1.03. The van der Waals surface area contributed by atoms with E-state index < -0.39 is 0 Å². The maximum atomic E-state index is 12.4. The van der Waals surface area contributed by atoms with E-state index in [1.54, 1.807) is 0 Å². The molecule has 0 spiro atoms. The van der Waals surface area contributed by atoms with Crippen LogP contribution in [0.3, 0.4) is 0 Å². The zero-order valence-electron chi connectivity index (χ0n) is 13.0. The third-order valence-electron chi connectivity index (χ3n) is 3.61. The van der Waals surface area contributed by atoms with Crippen LogP contribution in [0.5, 0.6) is 5.75 Å². The van der Waals surface area contributed by atoms with Crippen LogP contribution in [0, 0.1) is 5.41 Å². The van der Waals surface area contributed by atoms with E-state index in [1.165, 1.54) is 0 Å². The van der Waals surface area contributed by atoms with Gasteiger partial charge in [-0.25, -0.2) is 0 Å². The second-order valence-electron chi connectivity index (χ2n) is 6.83. The van der Waals surface area contributed by atoms with Gasteiger partial charge in [0.05, 0.1) is 12.5 Å². The van der Waals surface area contributed by atoms with Crippen LogP contribution in [0.25, 0.3) is 0 Å². The molecule has 21 heavy (non-hydrogen) atoms. The summed E-state index contributed by atoms with van der Waals surface area (Å²) < 4.78 is 5.61. The molecule has 0 aromatic heterocycles. The highest BCUT2D eigenvalue weighted by Gasteiger charge is 2.27. The van der Waals surface area contributed by atoms with Crippen molar-refractivity contribution in [2.75, 3.05) is 13.2 Å². The van der Waals surface area contributed by atoms with Crippen molar-refractivity contribution < 1.29 is 9.53 Å². The van der Waals surface area contributed by atoms with Gasteiger partial charge in [-0.15, -0.1) is 0 Å². The standard InChI is InChI=1S/C17H24BrNO2/c1-17(2,3)10-12(18)11-19-16(20)14-8-9-21-15-7-5-4-6-13(14)15/h4-7,12,14H,8-11H2,1-3H3,(H,19,20). The quantitative estimate of drug-likeness (QED) is 0.834. The molecule has 0 bridgehead atoms. The zero-order chi connectivity index (χ0) is 15.5. The Labute approximate surface area is 135 Å². The minimum absolute atomic E-state index is 0.0933. The van der Waals surface area contributed by atoms with Gasteiger partial charge in [-0.1, -0.05) is 54.9 Å². The van der Waals surface area contributed by atoms with Crippen molar-refractivity contribution in [2.45, 2.75) is 44.4 Å². The molecular formula is C17H24BrNO2. The van der Waals surface area contributed by atoms with Crippen LogP contribution in [0.4, 0.5) is 0 Å². The van der Waals surface area contributed by atoms with Gasteiger partial charge in [-0.3, -0.25) is 4.79 Å². The van der Waals surface area contributed by atoms with Crippen molar-refractivity contribution in [1.82, 2.24) is 5.32 Å². The lowest BCUT2D eigenvalue weighted by Crippen LogP contribution is -2.36. The van der Waals surface area contributed by atoms with Gasteiger partial charge in [0.1, 0.15) is 5.75 Å². The second-order valence-corrected chi connectivity index (χ2v) is 8.13. The van der Waals surface area contributed by atoms with Gasteiger partial charge in [-0.2, -0.15) is 0 Å². The first-order chi connectivity index (χ1) is 9.87. The van der Waals surface area contributed by atoms with Gasteiger partial charge < -0.3 is 10.1 Å². The summed E-state index contributed by atoms with van der Waals surface area (Å²) in [5.41, 5.74) is 1.26. The summed E-state index contributed by atoms with van der Waals surface area (Å²) in [5.74, 6) is 0.849. The van der Waals surface area contributed by atoms with Crippen molar-refractivity contribution in [3.05, 3.63) is 29.8 Å². The van der Waals surface area contributed by atoms with Crippen LogP contribution in [0.2, 0.25) is 0 Å². The molecule has 0 radical (unpaired) electrons. The molecule has 1 amide bonds. The highest BCUT2D eigenvalue weighted by atomic mass is 79.9. The monoisotopic (exact) mass is 353 g/mol. The number of hydrogen-bond donors (Lipinski definition) is 1. The van der Waals surface area contributed by atoms with Crippen molar-refractivity contribution in [2.24, 2.45) is 5.41 Å². The van der Waals surface area contributed by atoms with Crippen molar-refractivity contribution in [1.29, 1.82) is 0 Å². The number of rotatable bonds is 4. The Morgan fingerprint density at radius 3 is 2.86 bits per heavy atom. The van der Waals surface area contributed by atoms with E-state index in [0.29, 0.717) is 18.0 Å². The fourth-order valence-corrected chi connectivity index (χ4v) is 3.82. The molecule has 4 heteroatoms. The fraction of sp³-hybridized carbons (Fsp3) is 0.588. The molecule has 1 aliphatic heterocycles. The van der Waals surface area contributed by atoms with E-state index in [0.717, 1.165) is 24.2 Å². The number of fused-ring (bicyclic) bond motifs is 1. The molecule has 1 aliphatic rings. The summed E-state index contributed by atoms with van der Waals surface area (Å²) in [6.45, 7) is 7.89. The van der Waals surface area contributed by atoms with Crippen LogP contribution >= 0.6 is 15.9 Å². The summed E-state index contributed by atoms with van der Waals surface area (Å²) in [6, 6.07) is 7.82. The molecule has 2 atom stereocenters. The first-order valence-corrected chi connectivity index (χ1v) is 8.42. The van der Waals surface area contributed by atoms with Crippen LogP contribution in [0.15, 0.2) is 24.3 Å². The molecule has 0 saturated heterocycles. The fourth-order valence-electron chi connectivity index (χ4n) is 2.69. The predicted octanol–water partition coefficient (Wildman–Crippen LogP) is 3.87. The molecule has 2 rings (SSSR count). The molecule has 1 N–H and O–H groups in total. The maximum absolute atomic E-state index is 12.4. The number of carbonyl (C=O) groups excluding carboxylic acids is 1. The Balaban J connectivity index is 1.93. The Morgan fingerprint density at radius 1 is 1.43 bits per heavy atom. The number of ether oxygens (including phenoxy) is 1. The van der Waals surface area contributed by atoms with Gasteiger partial charge in [0, 0.05) is 16.9 Å². The van der Waals surface area contributed by atoms with E-state index in [9.17, 15) is 4.79 Å². The van der Waals surface area contributed by atoms with Crippen molar-refractivity contribution in [3.63, 3.8) is 0 Å². The highest BCUT2D eigenvalue weighted by Crippen LogP contribution is 2.33. The molecule has 1 heterocycles. The third kappa shape index (κ3) is 4.73. The summed E-state index contributed by atoms with van der Waals surface area (Å²) in [4.78, 5) is 12.7. The number of hydrogen-bond acceptors (Lipinski definition) is 2. The van der Waals surface area contributed by atoms with Gasteiger partial charge in [-0.05, 0) is 24.3 Å². The smallest absolute Gasteiger partial charge is 0.227 e. The van der Waals surface area contributed by atoms with E-state index >= 15 is 0 Å². The van der Waals surface area contributed by atoms with E-state index in [4.69, 9.17) is 4.74 Å². The molecule has 0 fully saturated rings. The summed E-state index contributed by atoms with van der Waals surface area (Å²) in [7, 11) is 0. The number of carbonyl (C=O) groups is 1. The van der Waals surface area contributed by atoms with Gasteiger partial charge in [0.25, 0.3) is 0 Å². The van der Waals surface area contributed by atoms with Gasteiger partial charge in [0.15, 0.2) is 0 Å². The molecule has 116 valence electrons. The summed E-state index contributed by atoms with van der Waals surface area (Å²) in [5, 5.41) is 3.07. The molecule has 2 unspecified atom stereocenters. The Morgan fingerprint density at radius 2 is 2.14 bits per heavy atom. The summed E-state index contributed by atoms with van der Waals surface area (Å²) >= 11 is 3.66. The van der Waals surface area contributed by atoms with Gasteiger partial charge in [0.2, 0.25) is 5.91 Å². The first kappa shape index (κ1) is 16.3. The van der Waals surface area contributed by atoms with Gasteiger partial charge >= 0.3 is 0 Å². The minimum Gasteiger partial charge on any atom is -0.493 e. The molecule has 1 aromatic rings. The van der Waals surface area contributed by atoms with Crippen molar-refractivity contribution >= 4 is 21.8 Å². The number of alkyl halides is 1. The topological polar surface area (TPSA) is 38.3 Å². The van der Waals surface area contributed by atoms with Crippen molar-refractivity contribution in [3.8, 4) is 5.75 Å². The van der Waals surface area contributed by atoms with Crippen LogP contribution < -0.4 is 10.1 Å². The molecule has 0 aliphatic carbocycles. The highest BCUT2D eigenvalue weighted by molar-refractivity contribution is 9.09. The number of benzene rings is 1. The average Bonchev–Trinajstić information content (AvgIpc) is 2.42. The second kappa shape index (κ2) is 6.82. The van der Waals surface area contributed by atoms with E-state index in [1.807, 2.05) is 24.3 Å².